The molecule has 4 N–H and O–H groups in total. The van der Waals surface area contributed by atoms with Gasteiger partial charge in [0.2, 0.25) is 0 Å². The van der Waals surface area contributed by atoms with E-state index in [-0.39, 0.29) is 17.3 Å². The van der Waals surface area contributed by atoms with Gasteiger partial charge in [-0.3, -0.25) is 4.79 Å². The summed E-state index contributed by atoms with van der Waals surface area (Å²) in [7, 11) is 0. The van der Waals surface area contributed by atoms with Crippen molar-refractivity contribution in [2.24, 2.45) is 23.0 Å². The van der Waals surface area contributed by atoms with Crippen LogP contribution < -0.4 is 11.6 Å². The van der Waals surface area contributed by atoms with Gasteiger partial charge < -0.3 is 10.6 Å². The molecule has 1 unspecified atom stereocenters. The Bertz CT molecular complexity index is 234. The van der Waals surface area contributed by atoms with Crippen molar-refractivity contribution >= 4 is 5.97 Å². The zero-order chi connectivity index (χ0) is 10.2. The Labute approximate surface area is 83.9 Å². The Morgan fingerprint density at radius 3 is 2.21 bits per heavy atom. The summed E-state index contributed by atoms with van der Waals surface area (Å²) in [5.74, 6) is 4.74. The Kier molecular flexibility index (Phi) is 2.49. The third kappa shape index (κ3) is 1.42. The fourth-order valence-corrected chi connectivity index (χ4v) is 2.96. The second kappa shape index (κ2) is 3.51. The number of hydrogen-bond donors (Lipinski definition) is 2. The molecular weight excluding hydrogens is 180 g/mol. The van der Waals surface area contributed by atoms with Crippen LogP contribution >= 0.6 is 0 Å². The molecule has 0 aliphatic heterocycles. The summed E-state index contributed by atoms with van der Waals surface area (Å²) in [5, 5.41) is 0. The number of carbonyl (C=O) groups is 1. The number of hydrogen-bond acceptors (Lipinski definition) is 4. The lowest BCUT2D eigenvalue weighted by Crippen LogP contribution is -2.49. The van der Waals surface area contributed by atoms with Crippen LogP contribution in [0.15, 0.2) is 0 Å². The highest BCUT2D eigenvalue weighted by atomic mass is 16.7. The molecule has 0 radical (unpaired) electrons. The quantitative estimate of drug-likeness (QED) is 0.608. The molecule has 2 aliphatic rings. The maximum Gasteiger partial charge on any atom is 0.328 e. The fraction of sp³-hybridized carbons (Fsp3) is 0.900. The van der Waals surface area contributed by atoms with Gasteiger partial charge >= 0.3 is 5.97 Å². The van der Waals surface area contributed by atoms with Crippen LogP contribution in [0, 0.1) is 11.3 Å². The van der Waals surface area contributed by atoms with Crippen molar-refractivity contribution in [3.05, 3.63) is 0 Å². The SMILES string of the molecule is NOC(=O)C1CCC12CCC(N)CC2. The summed E-state index contributed by atoms with van der Waals surface area (Å²) in [5.41, 5.74) is 6.03. The van der Waals surface area contributed by atoms with E-state index < -0.39 is 0 Å². The van der Waals surface area contributed by atoms with Gasteiger partial charge in [-0.15, -0.1) is 0 Å². The molecule has 0 amide bonds. The third-order valence-corrected chi connectivity index (χ3v) is 4.10. The highest BCUT2D eigenvalue weighted by molar-refractivity contribution is 5.74. The lowest BCUT2D eigenvalue weighted by Gasteiger charge is -2.51. The molecule has 2 fully saturated rings. The molecule has 2 aliphatic carbocycles. The predicted octanol–water partition coefficient (Wildman–Crippen LogP) is 0.701. The standard InChI is InChI=1S/C10H18N2O2/c11-7-1-4-10(5-2-7)6-3-8(10)9(13)14-12/h7-8H,1-6,11-12H2. The molecule has 80 valence electrons. The summed E-state index contributed by atoms with van der Waals surface area (Å²) in [6, 6.07) is 0.329. The average Bonchev–Trinajstić information content (AvgIpc) is 2.17. The van der Waals surface area contributed by atoms with E-state index in [4.69, 9.17) is 11.6 Å². The molecule has 2 saturated carbocycles. The van der Waals surface area contributed by atoms with Crippen molar-refractivity contribution in [3.8, 4) is 0 Å². The van der Waals surface area contributed by atoms with E-state index in [1.165, 1.54) is 0 Å². The minimum absolute atomic E-state index is 0.0417. The summed E-state index contributed by atoms with van der Waals surface area (Å²) in [6.07, 6.45) is 6.27. The van der Waals surface area contributed by atoms with Crippen molar-refractivity contribution < 1.29 is 9.63 Å². The lowest BCUT2D eigenvalue weighted by atomic mass is 9.53. The normalized spacial score (nSPS) is 41.9. The molecule has 4 heteroatoms. The van der Waals surface area contributed by atoms with Crippen molar-refractivity contribution in [1.29, 1.82) is 0 Å². The highest BCUT2D eigenvalue weighted by Crippen LogP contribution is 2.55. The van der Waals surface area contributed by atoms with Gasteiger partial charge in [0.1, 0.15) is 0 Å². The van der Waals surface area contributed by atoms with Gasteiger partial charge in [-0.05, 0) is 43.9 Å². The zero-order valence-corrected chi connectivity index (χ0v) is 8.37. The van der Waals surface area contributed by atoms with Crippen LogP contribution in [-0.4, -0.2) is 12.0 Å². The monoisotopic (exact) mass is 198 g/mol. The Morgan fingerprint density at radius 1 is 1.21 bits per heavy atom. The minimum atomic E-state index is -0.230. The van der Waals surface area contributed by atoms with Crippen LogP contribution in [-0.2, 0) is 9.63 Å². The second-order valence-corrected chi connectivity index (χ2v) is 4.73. The van der Waals surface area contributed by atoms with Crippen LogP contribution in [0.2, 0.25) is 0 Å². The molecule has 4 nitrogen and oxygen atoms in total. The minimum Gasteiger partial charge on any atom is -0.373 e. The van der Waals surface area contributed by atoms with Crippen LogP contribution in [0.3, 0.4) is 0 Å². The number of nitrogens with two attached hydrogens (primary N) is 2. The summed E-state index contributed by atoms with van der Waals surface area (Å²) in [6.45, 7) is 0. The molecular formula is C10H18N2O2. The lowest BCUT2D eigenvalue weighted by molar-refractivity contribution is -0.164. The van der Waals surface area contributed by atoms with E-state index in [0.717, 1.165) is 38.5 Å². The first-order valence-electron chi connectivity index (χ1n) is 5.34. The Morgan fingerprint density at radius 2 is 1.79 bits per heavy atom. The van der Waals surface area contributed by atoms with Crippen LogP contribution in [0.4, 0.5) is 0 Å². The first-order chi connectivity index (χ1) is 6.68. The van der Waals surface area contributed by atoms with E-state index in [9.17, 15) is 4.79 Å². The summed E-state index contributed by atoms with van der Waals surface area (Å²) < 4.78 is 0. The third-order valence-electron chi connectivity index (χ3n) is 4.10. The molecule has 1 atom stereocenters. The van der Waals surface area contributed by atoms with Gasteiger partial charge in [0, 0.05) is 6.04 Å². The first-order valence-corrected chi connectivity index (χ1v) is 5.34. The molecule has 0 aromatic carbocycles. The van der Waals surface area contributed by atoms with Gasteiger partial charge in [-0.1, -0.05) is 0 Å². The van der Waals surface area contributed by atoms with E-state index >= 15 is 0 Å². The van der Waals surface area contributed by atoms with E-state index in [0.29, 0.717) is 6.04 Å². The van der Waals surface area contributed by atoms with E-state index in [2.05, 4.69) is 4.84 Å². The highest BCUT2D eigenvalue weighted by Gasteiger charge is 2.52. The summed E-state index contributed by atoms with van der Waals surface area (Å²) in [4.78, 5) is 15.7. The predicted molar refractivity (Wildman–Crippen MR) is 51.9 cm³/mol. The zero-order valence-electron chi connectivity index (χ0n) is 8.37. The molecule has 2 rings (SSSR count). The van der Waals surface area contributed by atoms with Gasteiger partial charge in [0.05, 0.1) is 5.92 Å². The van der Waals surface area contributed by atoms with Gasteiger partial charge in [0.25, 0.3) is 0 Å². The fourth-order valence-electron chi connectivity index (χ4n) is 2.96. The molecule has 0 saturated heterocycles. The Hall–Kier alpha value is -0.610. The Balaban J connectivity index is 2.00. The van der Waals surface area contributed by atoms with Crippen molar-refractivity contribution in [1.82, 2.24) is 0 Å². The average molecular weight is 198 g/mol. The van der Waals surface area contributed by atoms with Crippen molar-refractivity contribution in [3.63, 3.8) is 0 Å². The molecule has 14 heavy (non-hydrogen) atoms. The molecule has 0 aromatic rings. The smallest absolute Gasteiger partial charge is 0.328 e. The van der Waals surface area contributed by atoms with E-state index in [1.807, 2.05) is 0 Å². The summed E-state index contributed by atoms with van der Waals surface area (Å²) >= 11 is 0. The maximum atomic E-state index is 11.4. The number of rotatable bonds is 1. The van der Waals surface area contributed by atoms with Crippen molar-refractivity contribution in [2.45, 2.75) is 44.6 Å². The van der Waals surface area contributed by atoms with Crippen molar-refractivity contribution in [2.75, 3.05) is 0 Å². The molecule has 0 heterocycles. The van der Waals surface area contributed by atoms with Crippen LogP contribution in [0.1, 0.15) is 38.5 Å². The van der Waals surface area contributed by atoms with Gasteiger partial charge in [0.15, 0.2) is 0 Å². The molecule has 1 spiro atoms. The van der Waals surface area contributed by atoms with Crippen LogP contribution in [0.25, 0.3) is 0 Å². The largest absolute Gasteiger partial charge is 0.373 e. The van der Waals surface area contributed by atoms with Crippen LogP contribution in [0.5, 0.6) is 0 Å². The van der Waals surface area contributed by atoms with E-state index in [1.54, 1.807) is 0 Å². The number of carbonyl (C=O) groups excluding carboxylic acids is 1. The second-order valence-electron chi connectivity index (χ2n) is 4.73. The topological polar surface area (TPSA) is 78.3 Å². The van der Waals surface area contributed by atoms with Gasteiger partial charge in [-0.2, -0.15) is 5.90 Å². The maximum absolute atomic E-state index is 11.4. The first kappa shape index (κ1) is 9.93. The molecule has 0 aromatic heterocycles. The van der Waals surface area contributed by atoms with Gasteiger partial charge in [-0.25, -0.2) is 0 Å². The molecule has 0 bridgehead atoms.